The SMILES string of the molecule is Cc1nc(CSc2ccc(C(=O)N3CCCN(CC(=O)N(C)C)CC3)cc2)cs1. The molecule has 1 aliphatic heterocycles. The maximum atomic E-state index is 12.9. The molecule has 0 N–H and O–H groups in total. The Morgan fingerprint density at radius 3 is 2.55 bits per heavy atom. The van der Waals surface area contributed by atoms with Crippen LogP contribution in [0.3, 0.4) is 0 Å². The molecule has 3 rings (SSSR count). The lowest BCUT2D eigenvalue weighted by atomic mass is 10.2. The van der Waals surface area contributed by atoms with E-state index in [0.717, 1.165) is 53.0 Å². The summed E-state index contributed by atoms with van der Waals surface area (Å²) in [6.07, 6.45) is 0.882. The quantitative estimate of drug-likeness (QED) is 0.657. The zero-order valence-electron chi connectivity index (χ0n) is 17.3. The number of rotatable bonds is 6. The summed E-state index contributed by atoms with van der Waals surface area (Å²) in [5.74, 6) is 1.01. The summed E-state index contributed by atoms with van der Waals surface area (Å²) in [7, 11) is 3.55. The molecule has 0 aliphatic carbocycles. The number of carbonyl (C=O) groups excluding carboxylic acids is 2. The van der Waals surface area contributed by atoms with Crippen molar-refractivity contribution >= 4 is 34.9 Å². The summed E-state index contributed by atoms with van der Waals surface area (Å²) in [4.78, 5) is 36.1. The number of amides is 2. The number of benzene rings is 1. The van der Waals surface area contributed by atoms with E-state index >= 15 is 0 Å². The number of carbonyl (C=O) groups is 2. The van der Waals surface area contributed by atoms with Gasteiger partial charge in [-0.1, -0.05) is 0 Å². The molecule has 1 aromatic carbocycles. The Morgan fingerprint density at radius 1 is 1.14 bits per heavy atom. The van der Waals surface area contributed by atoms with Gasteiger partial charge in [-0.15, -0.1) is 23.1 Å². The molecule has 29 heavy (non-hydrogen) atoms. The average molecular weight is 433 g/mol. The number of thiazole rings is 1. The number of likely N-dealkylation sites (N-methyl/N-ethyl adjacent to an activating group) is 1. The minimum atomic E-state index is 0.0671. The number of thioether (sulfide) groups is 1. The van der Waals surface area contributed by atoms with Crippen molar-refractivity contribution < 1.29 is 9.59 Å². The lowest BCUT2D eigenvalue weighted by Crippen LogP contribution is -2.39. The second kappa shape index (κ2) is 10.2. The second-order valence-electron chi connectivity index (χ2n) is 7.38. The summed E-state index contributed by atoms with van der Waals surface area (Å²) < 4.78 is 0. The van der Waals surface area contributed by atoms with Crippen LogP contribution in [-0.4, -0.2) is 78.3 Å². The van der Waals surface area contributed by atoms with Gasteiger partial charge in [0.1, 0.15) is 0 Å². The maximum absolute atomic E-state index is 12.9. The van der Waals surface area contributed by atoms with Crippen LogP contribution in [0.1, 0.15) is 27.5 Å². The lowest BCUT2D eigenvalue weighted by molar-refractivity contribution is -0.129. The van der Waals surface area contributed by atoms with Crippen LogP contribution in [0.15, 0.2) is 34.5 Å². The van der Waals surface area contributed by atoms with E-state index in [0.29, 0.717) is 13.1 Å². The molecule has 0 unspecified atom stereocenters. The molecule has 8 heteroatoms. The van der Waals surface area contributed by atoms with E-state index in [2.05, 4.69) is 15.3 Å². The van der Waals surface area contributed by atoms with Crippen LogP contribution in [0.2, 0.25) is 0 Å². The van der Waals surface area contributed by atoms with Crippen LogP contribution >= 0.6 is 23.1 Å². The molecule has 2 aromatic rings. The van der Waals surface area contributed by atoms with Crippen molar-refractivity contribution in [2.45, 2.75) is 24.0 Å². The first-order valence-electron chi connectivity index (χ1n) is 9.78. The monoisotopic (exact) mass is 432 g/mol. The largest absolute Gasteiger partial charge is 0.348 e. The van der Waals surface area contributed by atoms with E-state index in [1.807, 2.05) is 36.1 Å². The predicted octanol–water partition coefficient (Wildman–Crippen LogP) is 2.98. The first-order valence-corrected chi connectivity index (χ1v) is 11.6. The Hall–Kier alpha value is -1.90. The van der Waals surface area contributed by atoms with Crippen LogP contribution in [0.25, 0.3) is 0 Å². The number of aryl methyl sites for hydroxylation is 1. The highest BCUT2D eigenvalue weighted by Gasteiger charge is 2.21. The molecule has 0 saturated carbocycles. The van der Waals surface area contributed by atoms with Crippen LogP contribution in [0.4, 0.5) is 0 Å². The van der Waals surface area contributed by atoms with Crippen molar-refractivity contribution in [3.8, 4) is 0 Å². The van der Waals surface area contributed by atoms with Crippen LogP contribution in [-0.2, 0) is 10.5 Å². The molecule has 6 nitrogen and oxygen atoms in total. The maximum Gasteiger partial charge on any atom is 0.253 e. The fraction of sp³-hybridized carbons (Fsp3) is 0.476. The Labute approximate surface area is 180 Å². The Balaban J connectivity index is 1.52. The van der Waals surface area contributed by atoms with Crippen LogP contribution in [0, 0.1) is 6.92 Å². The third-order valence-electron chi connectivity index (χ3n) is 4.89. The van der Waals surface area contributed by atoms with Crippen molar-refractivity contribution in [3.63, 3.8) is 0 Å². The fourth-order valence-corrected chi connectivity index (χ4v) is 4.68. The van der Waals surface area contributed by atoms with Gasteiger partial charge >= 0.3 is 0 Å². The summed E-state index contributed by atoms with van der Waals surface area (Å²) in [6.45, 7) is 5.38. The smallest absolute Gasteiger partial charge is 0.253 e. The third kappa shape index (κ3) is 6.29. The molecule has 1 aliphatic rings. The minimum Gasteiger partial charge on any atom is -0.348 e. The van der Waals surface area contributed by atoms with Crippen molar-refractivity contribution in [2.75, 3.05) is 46.8 Å². The van der Waals surface area contributed by atoms with Gasteiger partial charge in [-0.25, -0.2) is 4.98 Å². The molecule has 1 saturated heterocycles. The number of aromatic nitrogens is 1. The highest BCUT2D eigenvalue weighted by molar-refractivity contribution is 7.98. The van der Waals surface area contributed by atoms with Crippen molar-refractivity contribution in [2.24, 2.45) is 0 Å². The van der Waals surface area contributed by atoms with E-state index in [1.165, 1.54) is 0 Å². The highest BCUT2D eigenvalue weighted by atomic mass is 32.2. The molecule has 2 heterocycles. The summed E-state index contributed by atoms with van der Waals surface area (Å²) in [6, 6.07) is 7.85. The van der Waals surface area contributed by atoms with Gasteiger partial charge in [-0.2, -0.15) is 0 Å². The summed E-state index contributed by atoms with van der Waals surface area (Å²) in [5.41, 5.74) is 1.82. The van der Waals surface area contributed by atoms with E-state index in [4.69, 9.17) is 0 Å². The molecular weight excluding hydrogens is 404 g/mol. The lowest BCUT2D eigenvalue weighted by Gasteiger charge is -2.23. The highest BCUT2D eigenvalue weighted by Crippen LogP contribution is 2.24. The number of hydrogen-bond acceptors (Lipinski definition) is 6. The normalized spacial score (nSPS) is 15.2. The van der Waals surface area contributed by atoms with Gasteiger partial charge in [0.15, 0.2) is 0 Å². The Morgan fingerprint density at radius 2 is 1.90 bits per heavy atom. The van der Waals surface area contributed by atoms with Gasteiger partial charge in [-0.05, 0) is 37.6 Å². The third-order valence-corrected chi connectivity index (χ3v) is 6.76. The first kappa shape index (κ1) is 21.8. The zero-order valence-corrected chi connectivity index (χ0v) is 18.9. The van der Waals surface area contributed by atoms with Gasteiger partial charge in [0, 0.05) is 61.9 Å². The predicted molar refractivity (Wildman–Crippen MR) is 119 cm³/mol. The molecule has 0 spiro atoms. The molecule has 0 bridgehead atoms. The minimum absolute atomic E-state index is 0.0671. The molecule has 0 atom stereocenters. The fourth-order valence-electron chi connectivity index (χ4n) is 3.17. The second-order valence-corrected chi connectivity index (χ2v) is 9.49. The Kier molecular flexibility index (Phi) is 7.69. The summed E-state index contributed by atoms with van der Waals surface area (Å²) in [5, 5.41) is 3.18. The van der Waals surface area contributed by atoms with Crippen LogP contribution < -0.4 is 0 Å². The molecule has 1 aromatic heterocycles. The summed E-state index contributed by atoms with van der Waals surface area (Å²) >= 11 is 3.40. The van der Waals surface area contributed by atoms with Crippen molar-refractivity contribution in [3.05, 3.63) is 45.9 Å². The molecular formula is C21H28N4O2S2. The van der Waals surface area contributed by atoms with E-state index in [9.17, 15) is 9.59 Å². The molecule has 2 amide bonds. The van der Waals surface area contributed by atoms with Gasteiger partial charge in [0.05, 0.1) is 17.2 Å². The molecule has 1 fully saturated rings. The van der Waals surface area contributed by atoms with Crippen LogP contribution in [0.5, 0.6) is 0 Å². The van der Waals surface area contributed by atoms with E-state index < -0.39 is 0 Å². The average Bonchev–Trinajstić information content (AvgIpc) is 2.99. The van der Waals surface area contributed by atoms with Gasteiger partial charge in [-0.3, -0.25) is 14.5 Å². The first-order chi connectivity index (χ1) is 13.9. The number of hydrogen-bond donors (Lipinski definition) is 0. The number of nitrogens with zero attached hydrogens (tertiary/aromatic N) is 4. The molecule has 0 radical (unpaired) electrons. The van der Waals surface area contributed by atoms with E-state index in [-0.39, 0.29) is 11.8 Å². The van der Waals surface area contributed by atoms with Crippen molar-refractivity contribution in [1.82, 2.24) is 19.7 Å². The van der Waals surface area contributed by atoms with E-state index in [1.54, 1.807) is 42.1 Å². The van der Waals surface area contributed by atoms with Gasteiger partial charge < -0.3 is 9.80 Å². The van der Waals surface area contributed by atoms with Gasteiger partial charge in [0.2, 0.25) is 5.91 Å². The van der Waals surface area contributed by atoms with Gasteiger partial charge in [0.25, 0.3) is 5.91 Å². The van der Waals surface area contributed by atoms with Crippen molar-refractivity contribution in [1.29, 1.82) is 0 Å². The topological polar surface area (TPSA) is 56.8 Å². The Bertz CT molecular complexity index is 835. The zero-order chi connectivity index (χ0) is 20.8. The standard InChI is InChI=1S/C21H28N4O2S2/c1-16-22-18(14-28-16)15-29-19-7-5-17(6-8-19)21(27)25-10-4-9-24(11-12-25)13-20(26)23(2)3/h5-8,14H,4,9-13,15H2,1-3H3. The molecule has 156 valence electrons.